The van der Waals surface area contributed by atoms with Crippen LogP contribution in [0.2, 0.25) is 0 Å². The predicted octanol–water partition coefficient (Wildman–Crippen LogP) is 3.85. The van der Waals surface area contributed by atoms with Crippen LogP contribution in [-0.4, -0.2) is 39.1 Å². The Morgan fingerprint density at radius 1 is 1.06 bits per heavy atom. The number of para-hydroxylation sites is 1. The summed E-state index contributed by atoms with van der Waals surface area (Å²) in [6, 6.07) is 13.1. The Labute approximate surface area is 200 Å². The Morgan fingerprint density at radius 3 is 2.37 bits per heavy atom. The van der Waals surface area contributed by atoms with Crippen molar-refractivity contribution < 1.29 is 23.2 Å². The topological polar surface area (TPSA) is 96.3 Å². The maximum Gasteiger partial charge on any atom is 0.325 e. The minimum absolute atomic E-state index is 0.0645. The first-order chi connectivity index (χ1) is 16.4. The van der Waals surface area contributed by atoms with Gasteiger partial charge in [-0.05, 0) is 36.8 Å². The first-order valence-corrected chi connectivity index (χ1v) is 11.0. The van der Waals surface area contributed by atoms with E-state index in [1.54, 1.807) is 10.7 Å². The molecule has 4 rings (SSSR count). The highest BCUT2D eigenvalue weighted by Gasteiger charge is 2.49. The Morgan fingerprint density at radius 2 is 1.74 bits per heavy atom. The molecule has 0 spiro atoms. The smallest absolute Gasteiger partial charge is 0.319 e. The fourth-order valence-corrected chi connectivity index (χ4v) is 3.77. The standard InChI is InChI=1S/C25H25F2N5O3/c1-24(2,3)19-13-20(32(30-19)16-8-6-5-7-9-16)28-21(33)14-31-22(34)25(4,29-23(31)35)15-10-11-17(26)18(27)12-15/h5-13H,14H2,1-4H3,(H,28,33)(H,29,35). The van der Waals surface area contributed by atoms with Gasteiger partial charge < -0.3 is 10.6 Å². The van der Waals surface area contributed by atoms with Crippen LogP contribution < -0.4 is 10.6 Å². The summed E-state index contributed by atoms with van der Waals surface area (Å²) in [6.07, 6.45) is 0. The highest BCUT2D eigenvalue weighted by atomic mass is 19.2. The molecule has 1 fully saturated rings. The zero-order chi connectivity index (χ0) is 25.5. The molecule has 35 heavy (non-hydrogen) atoms. The Kier molecular flexibility index (Phi) is 5.92. The third kappa shape index (κ3) is 4.51. The molecule has 1 atom stereocenters. The van der Waals surface area contributed by atoms with Crippen LogP contribution in [0.25, 0.3) is 5.69 Å². The molecular weight excluding hydrogens is 456 g/mol. The van der Waals surface area contributed by atoms with Crippen LogP contribution in [0.4, 0.5) is 19.4 Å². The summed E-state index contributed by atoms with van der Waals surface area (Å²) >= 11 is 0. The van der Waals surface area contributed by atoms with E-state index in [0.717, 1.165) is 28.4 Å². The van der Waals surface area contributed by atoms with Gasteiger partial charge in [0.05, 0.1) is 11.4 Å². The van der Waals surface area contributed by atoms with Crippen LogP contribution in [0.3, 0.4) is 0 Å². The third-order valence-electron chi connectivity index (χ3n) is 5.82. The number of rotatable bonds is 5. The average molecular weight is 482 g/mol. The average Bonchev–Trinajstić information content (AvgIpc) is 3.31. The summed E-state index contributed by atoms with van der Waals surface area (Å²) in [6.45, 7) is 6.76. The third-order valence-corrected chi connectivity index (χ3v) is 5.82. The van der Waals surface area contributed by atoms with Gasteiger partial charge in [-0.1, -0.05) is 45.0 Å². The van der Waals surface area contributed by atoms with Gasteiger partial charge in [-0.2, -0.15) is 5.10 Å². The van der Waals surface area contributed by atoms with Crippen molar-refractivity contribution in [3.63, 3.8) is 0 Å². The quantitative estimate of drug-likeness (QED) is 0.541. The van der Waals surface area contributed by atoms with Gasteiger partial charge in [-0.3, -0.25) is 14.5 Å². The van der Waals surface area contributed by atoms with Crippen molar-refractivity contribution in [2.45, 2.75) is 38.6 Å². The van der Waals surface area contributed by atoms with Gasteiger partial charge in [-0.15, -0.1) is 0 Å². The lowest BCUT2D eigenvalue weighted by atomic mass is 9.92. The van der Waals surface area contributed by atoms with E-state index in [-0.39, 0.29) is 11.0 Å². The molecule has 1 aliphatic rings. The number of hydrogen-bond donors (Lipinski definition) is 2. The first-order valence-electron chi connectivity index (χ1n) is 11.0. The minimum Gasteiger partial charge on any atom is -0.319 e. The molecule has 8 nitrogen and oxygen atoms in total. The monoisotopic (exact) mass is 481 g/mol. The molecule has 10 heteroatoms. The number of carbonyl (C=O) groups excluding carboxylic acids is 3. The van der Waals surface area contributed by atoms with Crippen LogP contribution in [0.5, 0.6) is 0 Å². The normalized spacial score (nSPS) is 18.1. The second kappa shape index (κ2) is 8.61. The molecule has 0 aliphatic carbocycles. The highest BCUT2D eigenvalue weighted by Crippen LogP contribution is 2.30. The number of nitrogens with one attached hydrogen (secondary N) is 2. The van der Waals surface area contributed by atoms with Gasteiger partial charge in [0.15, 0.2) is 11.6 Å². The summed E-state index contributed by atoms with van der Waals surface area (Å²) in [5, 5.41) is 9.83. The van der Waals surface area contributed by atoms with Crippen molar-refractivity contribution in [1.29, 1.82) is 0 Å². The van der Waals surface area contributed by atoms with Crippen LogP contribution in [0.1, 0.15) is 39.0 Å². The Balaban J connectivity index is 1.57. The molecule has 4 amide bonds. The fraction of sp³-hybridized carbons (Fsp3) is 0.280. The van der Waals surface area contributed by atoms with E-state index in [2.05, 4.69) is 15.7 Å². The molecule has 0 radical (unpaired) electrons. The van der Waals surface area contributed by atoms with E-state index >= 15 is 0 Å². The van der Waals surface area contributed by atoms with E-state index in [1.807, 2.05) is 51.1 Å². The van der Waals surface area contributed by atoms with Crippen molar-refractivity contribution >= 4 is 23.7 Å². The number of hydrogen-bond acceptors (Lipinski definition) is 4. The van der Waals surface area contributed by atoms with Crippen molar-refractivity contribution in [3.8, 4) is 5.69 Å². The fourth-order valence-electron chi connectivity index (χ4n) is 3.77. The summed E-state index contributed by atoms with van der Waals surface area (Å²) in [7, 11) is 0. The maximum atomic E-state index is 13.8. The number of aromatic nitrogens is 2. The number of carbonyl (C=O) groups is 3. The molecule has 0 saturated carbocycles. The van der Waals surface area contributed by atoms with E-state index in [1.165, 1.54) is 13.0 Å². The molecule has 1 unspecified atom stereocenters. The number of nitrogens with zero attached hydrogens (tertiary/aromatic N) is 3. The van der Waals surface area contributed by atoms with Crippen molar-refractivity contribution in [2.75, 3.05) is 11.9 Å². The summed E-state index contributed by atoms with van der Waals surface area (Å²) < 4.78 is 28.7. The number of imide groups is 1. The number of urea groups is 1. The van der Waals surface area contributed by atoms with Crippen LogP contribution >= 0.6 is 0 Å². The summed E-state index contributed by atoms with van der Waals surface area (Å²) in [5.41, 5.74) is -0.417. The van der Waals surface area contributed by atoms with Crippen molar-refractivity contribution in [1.82, 2.24) is 20.0 Å². The van der Waals surface area contributed by atoms with Gasteiger partial charge in [0.2, 0.25) is 5.91 Å². The molecule has 2 N–H and O–H groups in total. The largest absolute Gasteiger partial charge is 0.325 e. The summed E-state index contributed by atoms with van der Waals surface area (Å²) in [4.78, 5) is 39.3. The SMILES string of the molecule is CC(C)(C)c1cc(NC(=O)CN2C(=O)NC(C)(c3ccc(F)c(F)c3)C2=O)n(-c2ccccc2)n1. The first kappa shape index (κ1) is 24.1. The highest BCUT2D eigenvalue weighted by molar-refractivity contribution is 6.10. The molecular formula is C25H25F2N5O3. The van der Waals surface area contributed by atoms with Gasteiger partial charge >= 0.3 is 6.03 Å². The maximum absolute atomic E-state index is 13.8. The molecule has 2 heterocycles. The van der Waals surface area contributed by atoms with Crippen molar-refractivity contribution in [3.05, 3.63) is 77.5 Å². The Bertz CT molecular complexity index is 1320. The number of amides is 4. The molecule has 1 aromatic heterocycles. The van der Waals surface area contributed by atoms with Gasteiger partial charge in [-0.25, -0.2) is 18.3 Å². The lowest BCUT2D eigenvalue weighted by molar-refractivity contribution is -0.133. The van der Waals surface area contributed by atoms with E-state index in [9.17, 15) is 23.2 Å². The molecule has 2 aromatic carbocycles. The summed E-state index contributed by atoms with van der Waals surface area (Å²) in [5.74, 6) is -3.22. The van der Waals surface area contributed by atoms with Crippen LogP contribution in [0, 0.1) is 11.6 Å². The predicted molar refractivity (Wildman–Crippen MR) is 125 cm³/mol. The minimum atomic E-state index is -1.64. The molecule has 3 aromatic rings. The molecule has 0 bridgehead atoms. The number of anilines is 1. The zero-order valence-electron chi connectivity index (χ0n) is 19.7. The van der Waals surface area contributed by atoms with E-state index in [4.69, 9.17) is 0 Å². The Hall–Kier alpha value is -4.08. The number of halogens is 2. The zero-order valence-corrected chi connectivity index (χ0v) is 19.7. The van der Waals surface area contributed by atoms with Gasteiger partial charge in [0.25, 0.3) is 5.91 Å². The second-order valence-electron chi connectivity index (χ2n) is 9.54. The van der Waals surface area contributed by atoms with E-state index < -0.39 is 41.6 Å². The van der Waals surface area contributed by atoms with E-state index in [0.29, 0.717) is 5.82 Å². The lowest BCUT2D eigenvalue weighted by Gasteiger charge is -2.22. The second-order valence-corrected chi connectivity index (χ2v) is 9.54. The van der Waals surface area contributed by atoms with Gasteiger partial charge in [0, 0.05) is 11.5 Å². The van der Waals surface area contributed by atoms with Gasteiger partial charge in [0.1, 0.15) is 17.9 Å². The molecule has 1 aliphatic heterocycles. The molecule has 182 valence electrons. The number of benzene rings is 2. The van der Waals surface area contributed by atoms with Crippen molar-refractivity contribution in [2.24, 2.45) is 0 Å². The molecule has 1 saturated heterocycles. The lowest BCUT2D eigenvalue weighted by Crippen LogP contribution is -2.42. The van der Waals surface area contributed by atoms with Crippen LogP contribution in [0.15, 0.2) is 54.6 Å². The van der Waals surface area contributed by atoms with Crippen LogP contribution in [-0.2, 0) is 20.5 Å².